The van der Waals surface area contributed by atoms with Crippen LogP contribution in [0.25, 0.3) is 0 Å². The largest absolute Gasteiger partial charge is 0.351 e. The summed E-state index contributed by atoms with van der Waals surface area (Å²) in [5.41, 5.74) is 1.34. The van der Waals surface area contributed by atoms with E-state index in [1.165, 1.54) is 4.90 Å². The molecule has 174 valence electrons. The second kappa shape index (κ2) is 8.41. The number of halogens is 6. The first-order valence-corrected chi connectivity index (χ1v) is 11.2. The van der Waals surface area contributed by atoms with Gasteiger partial charge in [0.2, 0.25) is 22.3 Å². The van der Waals surface area contributed by atoms with E-state index in [0.717, 1.165) is 0 Å². The van der Waals surface area contributed by atoms with Crippen LogP contribution in [0.5, 0.6) is 0 Å². The van der Waals surface area contributed by atoms with Crippen molar-refractivity contribution in [2.45, 2.75) is 36.8 Å². The molecule has 0 amide bonds. The molecule has 13 heteroatoms. The molecule has 0 saturated carbocycles. The summed E-state index contributed by atoms with van der Waals surface area (Å²) in [5, 5.41) is 10.8. The van der Waals surface area contributed by atoms with E-state index in [0.29, 0.717) is 20.6 Å². The van der Waals surface area contributed by atoms with E-state index in [2.05, 4.69) is 0 Å². The van der Waals surface area contributed by atoms with Gasteiger partial charge < -0.3 is 14.7 Å². The Labute approximate surface area is 184 Å². The number of nitrogens with zero attached hydrogens (tertiary/aromatic N) is 2. The molecule has 32 heavy (non-hydrogen) atoms. The van der Waals surface area contributed by atoms with Gasteiger partial charge in [-0.05, 0) is 31.0 Å². The Bertz CT molecular complexity index is 1150. The van der Waals surface area contributed by atoms with Gasteiger partial charge in [0.1, 0.15) is 0 Å². The normalized spacial score (nSPS) is 20.5. The van der Waals surface area contributed by atoms with Crippen LogP contribution in [-0.4, -0.2) is 43.4 Å². The van der Waals surface area contributed by atoms with Crippen molar-refractivity contribution in [3.8, 4) is 0 Å². The molecule has 1 N–H and O–H groups in total. The molecule has 1 unspecified atom stereocenters. The van der Waals surface area contributed by atoms with Crippen molar-refractivity contribution < 1.29 is 40.2 Å². The van der Waals surface area contributed by atoms with Crippen molar-refractivity contribution in [2.24, 2.45) is 0 Å². The van der Waals surface area contributed by atoms with Crippen LogP contribution < -0.4 is 4.90 Å². The molecule has 0 aliphatic carbocycles. The van der Waals surface area contributed by atoms with Crippen molar-refractivity contribution >= 4 is 27.3 Å². The molecule has 1 fully saturated rings. The van der Waals surface area contributed by atoms with Gasteiger partial charge in [-0.25, -0.2) is 30.4 Å². The van der Waals surface area contributed by atoms with Crippen LogP contribution in [0.3, 0.4) is 0 Å². The number of benzene rings is 2. The number of sulfonamides is 1. The number of rotatable bonds is 3. The maximum Gasteiger partial charge on any atom is 0.249 e. The highest BCUT2D eigenvalue weighted by Gasteiger charge is 2.40. The molecule has 1 saturated heterocycles. The Morgan fingerprint density at radius 2 is 1.53 bits per heavy atom. The topological polar surface area (TPSA) is 70.1 Å². The summed E-state index contributed by atoms with van der Waals surface area (Å²) in [5.74, 6) is -11.9. The van der Waals surface area contributed by atoms with Crippen LogP contribution in [0.2, 0.25) is 5.02 Å². The fourth-order valence-electron chi connectivity index (χ4n) is 3.96. The van der Waals surface area contributed by atoms with Crippen molar-refractivity contribution in [3.05, 3.63) is 57.9 Å². The molecule has 0 aromatic heterocycles. The number of aliphatic hydroxyl groups is 1. The summed E-state index contributed by atoms with van der Waals surface area (Å²) >= 11 is 5.98. The second-order valence-electron chi connectivity index (χ2n) is 7.35. The highest BCUT2D eigenvalue weighted by Crippen LogP contribution is 2.36. The van der Waals surface area contributed by atoms with Crippen LogP contribution >= 0.6 is 11.6 Å². The van der Waals surface area contributed by atoms with Crippen molar-refractivity contribution in [2.75, 3.05) is 18.0 Å². The van der Waals surface area contributed by atoms with E-state index in [1.807, 2.05) is 0 Å². The number of fused-ring (bicyclic) bond motifs is 1. The molecule has 2 aromatic carbocycles. The molecule has 2 aromatic rings. The third-order valence-corrected chi connectivity index (χ3v) is 7.68. The lowest BCUT2D eigenvalue weighted by molar-refractivity contribution is -0.121. The highest BCUT2D eigenvalue weighted by atomic mass is 35.5. The molecule has 1 atom stereocenters. The van der Waals surface area contributed by atoms with Crippen molar-refractivity contribution in [1.29, 1.82) is 0 Å². The smallest absolute Gasteiger partial charge is 0.249 e. The van der Waals surface area contributed by atoms with E-state index in [9.17, 15) is 35.5 Å². The third-order valence-electron chi connectivity index (χ3n) is 5.53. The van der Waals surface area contributed by atoms with Crippen LogP contribution in [0.1, 0.15) is 18.4 Å². The zero-order chi connectivity index (χ0) is 23.4. The maximum atomic E-state index is 14.1. The lowest BCUT2D eigenvalue weighted by Gasteiger charge is -2.44. The standard InChI is InChI=1S/C19H16ClF5N2O4S/c20-10-1-2-12-9(7-10)8-31-19(28)27(12)11-3-5-26(6-4-11)32(29,30)18-16(24)14(22)13(21)15(23)17(18)25/h1-2,7,11,19,28H,3-6,8H2. The molecular weight excluding hydrogens is 483 g/mol. The first-order chi connectivity index (χ1) is 15.0. The SMILES string of the molecule is O=S(=O)(c1c(F)c(F)c(F)c(F)c1F)N1CCC(N2c3ccc(Cl)cc3COC2O)CC1. The minimum atomic E-state index is -5.01. The van der Waals surface area contributed by atoms with E-state index in [-0.39, 0.29) is 32.5 Å². The summed E-state index contributed by atoms with van der Waals surface area (Å²) in [6.07, 6.45) is -1.12. The minimum Gasteiger partial charge on any atom is -0.351 e. The lowest BCUT2D eigenvalue weighted by atomic mass is 10.0. The maximum absolute atomic E-state index is 14.1. The van der Waals surface area contributed by atoms with Gasteiger partial charge in [0, 0.05) is 35.4 Å². The lowest BCUT2D eigenvalue weighted by Crippen LogP contribution is -2.52. The quantitative estimate of drug-likeness (QED) is 0.398. The Morgan fingerprint density at radius 1 is 0.969 bits per heavy atom. The summed E-state index contributed by atoms with van der Waals surface area (Å²) in [6, 6.07) is 4.54. The van der Waals surface area contributed by atoms with Gasteiger partial charge in [-0.2, -0.15) is 4.31 Å². The molecule has 6 nitrogen and oxygen atoms in total. The Kier molecular flexibility index (Phi) is 6.09. The number of hydrogen-bond donors (Lipinski definition) is 1. The predicted octanol–water partition coefficient (Wildman–Crippen LogP) is 3.50. The molecule has 2 heterocycles. The fourth-order valence-corrected chi connectivity index (χ4v) is 5.74. The Balaban J connectivity index is 1.59. The molecule has 0 bridgehead atoms. The monoisotopic (exact) mass is 498 g/mol. The highest BCUT2D eigenvalue weighted by molar-refractivity contribution is 7.89. The van der Waals surface area contributed by atoms with Crippen LogP contribution in [0, 0.1) is 29.1 Å². The zero-order valence-electron chi connectivity index (χ0n) is 16.2. The number of ether oxygens (including phenoxy) is 1. The van der Waals surface area contributed by atoms with E-state index < -0.39 is 56.5 Å². The first kappa shape index (κ1) is 23.2. The molecule has 0 radical (unpaired) electrons. The molecule has 4 rings (SSSR count). The van der Waals surface area contributed by atoms with E-state index >= 15 is 0 Å². The summed E-state index contributed by atoms with van der Waals surface area (Å²) in [7, 11) is -5.01. The van der Waals surface area contributed by atoms with Gasteiger partial charge in [0.25, 0.3) is 0 Å². The Hall–Kier alpha value is -1.99. The summed E-state index contributed by atoms with van der Waals surface area (Å²) in [4.78, 5) is -0.342. The zero-order valence-corrected chi connectivity index (χ0v) is 17.7. The molecule has 0 spiro atoms. The number of piperidine rings is 1. The van der Waals surface area contributed by atoms with Crippen LogP contribution in [0.4, 0.5) is 27.6 Å². The van der Waals surface area contributed by atoms with Gasteiger partial charge in [0.05, 0.1) is 6.61 Å². The van der Waals surface area contributed by atoms with Crippen LogP contribution in [-0.2, 0) is 21.4 Å². The van der Waals surface area contributed by atoms with Gasteiger partial charge >= 0.3 is 0 Å². The summed E-state index contributed by atoms with van der Waals surface area (Å²) in [6.45, 7) is -0.446. The number of aliphatic hydroxyl groups excluding tert-OH is 1. The average molecular weight is 499 g/mol. The fraction of sp³-hybridized carbons (Fsp3) is 0.368. The minimum absolute atomic E-state index is 0.0944. The van der Waals surface area contributed by atoms with Gasteiger partial charge in [-0.15, -0.1) is 0 Å². The molecular formula is C19H16ClF5N2O4S. The number of anilines is 1. The van der Waals surface area contributed by atoms with E-state index in [1.54, 1.807) is 18.2 Å². The predicted molar refractivity (Wildman–Crippen MR) is 103 cm³/mol. The third kappa shape index (κ3) is 3.73. The van der Waals surface area contributed by atoms with Gasteiger partial charge in [0.15, 0.2) is 28.2 Å². The second-order valence-corrected chi connectivity index (χ2v) is 9.66. The summed E-state index contributed by atoms with van der Waals surface area (Å²) < 4.78 is 99.9. The van der Waals surface area contributed by atoms with Gasteiger partial charge in [-0.3, -0.25) is 0 Å². The van der Waals surface area contributed by atoms with Crippen molar-refractivity contribution in [3.63, 3.8) is 0 Å². The average Bonchev–Trinajstić information content (AvgIpc) is 2.76. The van der Waals surface area contributed by atoms with Crippen molar-refractivity contribution in [1.82, 2.24) is 4.31 Å². The first-order valence-electron chi connectivity index (χ1n) is 9.42. The number of hydrogen-bond acceptors (Lipinski definition) is 5. The molecule has 2 aliphatic rings. The van der Waals surface area contributed by atoms with Gasteiger partial charge in [-0.1, -0.05) is 11.6 Å². The molecule has 2 aliphatic heterocycles. The van der Waals surface area contributed by atoms with Crippen LogP contribution in [0.15, 0.2) is 23.1 Å². The Morgan fingerprint density at radius 3 is 2.12 bits per heavy atom. The van der Waals surface area contributed by atoms with E-state index in [4.69, 9.17) is 16.3 Å².